The number of rotatable bonds is 2. The number of hydrogen-bond acceptors (Lipinski definition) is 3. The van der Waals surface area contributed by atoms with E-state index in [4.69, 9.17) is 10.5 Å². The van der Waals surface area contributed by atoms with Gasteiger partial charge in [-0.15, -0.1) is 0 Å². The van der Waals surface area contributed by atoms with Crippen molar-refractivity contribution in [3.8, 4) is 0 Å². The Morgan fingerprint density at radius 1 is 1.35 bits per heavy atom. The van der Waals surface area contributed by atoms with Gasteiger partial charge >= 0.3 is 0 Å². The summed E-state index contributed by atoms with van der Waals surface area (Å²) in [6, 6.07) is 0.297. The Kier molecular flexibility index (Phi) is 4.05. The summed E-state index contributed by atoms with van der Waals surface area (Å²) in [7, 11) is 0. The molecule has 1 saturated carbocycles. The highest BCUT2D eigenvalue weighted by Gasteiger charge is 2.39. The Morgan fingerprint density at radius 2 is 2.12 bits per heavy atom. The van der Waals surface area contributed by atoms with Gasteiger partial charge in [0.2, 0.25) is 5.91 Å². The summed E-state index contributed by atoms with van der Waals surface area (Å²) in [5.74, 6) is 0.543. The molecule has 4 heteroatoms. The maximum Gasteiger partial charge on any atom is 0.242 e. The molecule has 0 aromatic rings. The van der Waals surface area contributed by atoms with Crippen LogP contribution in [0.5, 0.6) is 0 Å². The summed E-state index contributed by atoms with van der Waals surface area (Å²) >= 11 is 0. The van der Waals surface area contributed by atoms with Crippen molar-refractivity contribution in [2.24, 2.45) is 11.7 Å². The van der Waals surface area contributed by atoms with E-state index < -0.39 is 5.54 Å². The fraction of sp³-hybridized carbons (Fsp3) is 0.923. The minimum absolute atomic E-state index is 0.0197. The van der Waals surface area contributed by atoms with Gasteiger partial charge in [-0.05, 0) is 25.2 Å². The molecule has 2 fully saturated rings. The summed E-state index contributed by atoms with van der Waals surface area (Å²) < 4.78 is 5.24. The topological polar surface area (TPSA) is 64.4 Å². The number of carbonyl (C=O) groups is 1. The van der Waals surface area contributed by atoms with E-state index in [1.807, 2.05) is 0 Å². The average molecular weight is 240 g/mol. The summed E-state index contributed by atoms with van der Waals surface area (Å²) in [6.07, 6.45) is 6.71. The smallest absolute Gasteiger partial charge is 0.242 e. The first-order valence-electron chi connectivity index (χ1n) is 6.79. The molecule has 1 amide bonds. The average Bonchev–Trinajstić information content (AvgIpc) is 2.65. The van der Waals surface area contributed by atoms with Crippen molar-refractivity contribution >= 4 is 5.91 Å². The van der Waals surface area contributed by atoms with Crippen molar-refractivity contribution in [2.75, 3.05) is 13.2 Å². The van der Waals surface area contributed by atoms with Crippen molar-refractivity contribution < 1.29 is 9.53 Å². The van der Waals surface area contributed by atoms with Gasteiger partial charge in [-0.2, -0.15) is 0 Å². The predicted molar refractivity (Wildman–Crippen MR) is 66.5 cm³/mol. The zero-order valence-corrected chi connectivity index (χ0v) is 10.7. The van der Waals surface area contributed by atoms with Crippen LogP contribution in [0, 0.1) is 5.92 Å². The lowest BCUT2D eigenvalue weighted by atomic mass is 9.94. The van der Waals surface area contributed by atoms with Gasteiger partial charge in [0.1, 0.15) is 5.54 Å². The number of carbonyl (C=O) groups excluding carboxylic acids is 1. The van der Waals surface area contributed by atoms with Gasteiger partial charge in [-0.1, -0.05) is 26.2 Å². The van der Waals surface area contributed by atoms with E-state index in [2.05, 4.69) is 12.2 Å². The van der Waals surface area contributed by atoms with E-state index in [-0.39, 0.29) is 5.91 Å². The molecule has 1 heterocycles. The van der Waals surface area contributed by atoms with Crippen molar-refractivity contribution in [2.45, 2.75) is 57.0 Å². The van der Waals surface area contributed by atoms with Gasteiger partial charge in [-0.3, -0.25) is 4.79 Å². The number of nitrogens with two attached hydrogens (primary N) is 1. The molecule has 0 aromatic heterocycles. The maximum absolute atomic E-state index is 12.2. The minimum Gasteiger partial charge on any atom is -0.379 e. The van der Waals surface area contributed by atoms with Crippen molar-refractivity contribution in [3.63, 3.8) is 0 Å². The highest BCUT2D eigenvalue weighted by molar-refractivity contribution is 5.86. The van der Waals surface area contributed by atoms with Crippen LogP contribution in [0.3, 0.4) is 0 Å². The van der Waals surface area contributed by atoms with Gasteiger partial charge in [0.25, 0.3) is 0 Å². The molecule has 4 nitrogen and oxygen atoms in total. The molecule has 0 bridgehead atoms. The van der Waals surface area contributed by atoms with E-state index in [0.29, 0.717) is 31.6 Å². The molecular formula is C13H24N2O2. The van der Waals surface area contributed by atoms with Crippen LogP contribution in [0.25, 0.3) is 0 Å². The van der Waals surface area contributed by atoms with Crippen LogP contribution in [0.15, 0.2) is 0 Å². The van der Waals surface area contributed by atoms with Crippen LogP contribution in [-0.4, -0.2) is 30.7 Å². The monoisotopic (exact) mass is 240 g/mol. The van der Waals surface area contributed by atoms with E-state index in [0.717, 1.165) is 6.42 Å². The Bertz CT molecular complexity index is 275. The Hall–Kier alpha value is -0.610. The third kappa shape index (κ3) is 2.99. The molecule has 1 saturated heterocycles. The minimum atomic E-state index is -0.786. The first-order chi connectivity index (χ1) is 8.12. The molecule has 0 radical (unpaired) electrons. The van der Waals surface area contributed by atoms with Gasteiger partial charge in [0, 0.05) is 12.6 Å². The molecule has 0 spiro atoms. The standard InChI is InChI=1S/C13H24N2O2/c1-10-5-3-2-4-6-11(10)15-12(16)13(14)7-8-17-9-13/h10-11H,2-9,14H2,1H3,(H,15,16). The number of ether oxygens (including phenoxy) is 1. The second-order valence-electron chi connectivity index (χ2n) is 5.65. The van der Waals surface area contributed by atoms with Gasteiger partial charge in [0.05, 0.1) is 6.61 Å². The third-order valence-corrected chi connectivity index (χ3v) is 4.18. The second-order valence-corrected chi connectivity index (χ2v) is 5.65. The van der Waals surface area contributed by atoms with Crippen molar-refractivity contribution in [1.82, 2.24) is 5.32 Å². The van der Waals surface area contributed by atoms with Crippen LogP contribution in [0.4, 0.5) is 0 Å². The lowest BCUT2D eigenvalue weighted by molar-refractivity contribution is -0.127. The van der Waals surface area contributed by atoms with E-state index in [1.165, 1.54) is 25.7 Å². The van der Waals surface area contributed by atoms with E-state index in [9.17, 15) is 4.79 Å². The van der Waals surface area contributed by atoms with Gasteiger partial charge in [0.15, 0.2) is 0 Å². The molecule has 17 heavy (non-hydrogen) atoms. The highest BCUT2D eigenvalue weighted by atomic mass is 16.5. The summed E-state index contributed by atoms with van der Waals surface area (Å²) in [6.45, 7) is 3.19. The molecule has 2 rings (SSSR count). The third-order valence-electron chi connectivity index (χ3n) is 4.18. The quantitative estimate of drug-likeness (QED) is 0.713. The Labute approximate surface area is 103 Å². The molecule has 0 aromatic carbocycles. The molecule has 3 unspecified atom stereocenters. The predicted octanol–water partition coefficient (Wildman–Crippen LogP) is 1.19. The van der Waals surface area contributed by atoms with E-state index in [1.54, 1.807) is 0 Å². The first kappa shape index (κ1) is 12.8. The lowest BCUT2D eigenvalue weighted by Gasteiger charge is -2.28. The zero-order chi connectivity index (χ0) is 12.3. The molecule has 3 N–H and O–H groups in total. The SMILES string of the molecule is CC1CCCCCC1NC(=O)C1(N)CCOC1. The van der Waals surface area contributed by atoms with Crippen LogP contribution in [0.2, 0.25) is 0 Å². The van der Waals surface area contributed by atoms with Crippen molar-refractivity contribution in [3.05, 3.63) is 0 Å². The summed E-state index contributed by atoms with van der Waals surface area (Å²) in [5.41, 5.74) is 5.28. The number of hydrogen-bond donors (Lipinski definition) is 2. The van der Waals surface area contributed by atoms with Crippen LogP contribution >= 0.6 is 0 Å². The normalized spacial score (nSPS) is 38.7. The second kappa shape index (κ2) is 5.36. The molecule has 3 atom stereocenters. The van der Waals surface area contributed by atoms with Crippen LogP contribution < -0.4 is 11.1 Å². The molecule has 2 aliphatic rings. The molecule has 1 aliphatic heterocycles. The van der Waals surface area contributed by atoms with Gasteiger partial charge < -0.3 is 15.8 Å². The molecule has 1 aliphatic carbocycles. The van der Waals surface area contributed by atoms with Gasteiger partial charge in [-0.25, -0.2) is 0 Å². The van der Waals surface area contributed by atoms with Crippen molar-refractivity contribution in [1.29, 1.82) is 0 Å². The Morgan fingerprint density at radius 3 is 2.82 bits per heavy atom. The number of nitrogens with one attached hydrogen (secondary N) is 1. The summed E-state index contributed by atoms with van der Waals surface area (Å²) in [4.78, 5) is 12.2. The Balaban J connectivity index is 1.92. The largest absolute Gasteiger partial charge is 0.379 e. The fourth-order valence-corrected chi connectivity index (χ4v) is 2.78. The first-order valence-corrected chi connectivity index (χ1v) is 6.79. The zero-order valence-electron chi connectivity index (χ0n) is 10.7. The van der Waals surface area contributed by atoms with Crippen LogP contribution in [0.1, 0.15) is 45.4 Å². The maximum atomic E-state index is 12.2. The van der Waals surface area contributed by atoms with Crippen LogP contribution in [-0.2, 0) is 9.53 Å². The fourth-order valence-electron chi connectivity index (χ4n) is 2.78. The number of amides is 1. The summed E-state index contributed by atoms with van der Waals surface area (Å²) in [5, 5.41) is 3.15. The highest BCUT2D eigenvalue weighted by Crippen LogP contribution is 2.24. The van der Waals surface area contributed by atoms with E-state index >= 15 is 0 Å². The molecular weight excluding hydrogens is 216 g/mol. The molecule has 98 valence electrons. The lowest BCUT2D eigenvalue weighted by Crippen LogP contribution is -2.57.